The summed E-state index contributed by atoms with van der Waals surface area (Å²) in [6.45, 7) is 2.54. The van der Waals surface area contributed by atoms with Gasteiger partial charge in [-0.15, -0.1) is 0 Å². The average Bonchev–Trinajstić information content (AvgIpc) is 2.99. The number of hydrogen-bond acceptors (Lipinski definition) is 7. The molecular weight excluding hydrogens is 446 g/mol. The number of benzene rings is 2. The highest BCUT2D eigenvalue weighted by molar-refractivity contribution is 9.11. The first-order chi connectivity index (χ1) is 11.5. The van der Waals surface area contributed by atoms with E-state index in [1.165, 1.54) is 0 Å². The van der Waals surface area contributed by atoms with Crippen LogP contribution in [0, 0.1) is 10.1 Å². The van der Waals surface area contributed by atoms with Gasteiger partial charge in [0.25, 0.3) is 0 Å². The minimum absolute atomic E-state index is 0.0918. The molecule has 0 radical (unpaired) electrons. The van der Waals surface area contributed by atoms with Gasteiger partial charge in [-0.05, 0) is 57.4 Å². The van der Waals surface area contributed by atoms with Crippen LogP contribution in [0.25, 0.3) is 11.0 Å². The maximum absolute atomic E-state index is 11.5. The molecule has 0 atom stereocenters. The summed E-state index contributed by atoms with van der Waals surface area (Å²) in [5, 5.41) is 25.2. The highest BCUT2D eigenvalue weighted by atomic mass is 79.9. The SMILES string of the molecule is CCNc1cc(Nc2ccc(Br)cc2Br)c([N+](=O)[O-])c2nonc12. The predicted molar refractivity (Wildman–Crippen MR) is 97.7 cm³/mol. The molecule has 0 amide bonds. The van der Waals surface area contributed by atoms with Gasteiger partial charge in [0, 0.05) is 15.5 Å². The van der Waals surface area contributed by atoms with Crippen molar-refractivity contribution in [1.82, 2.24) is 10.3 Å². The van der Waals surface area contributed by atoms with Crippen molar-refractivity contribution in [2.24, 2.45) is 0 Å². The number of fused-ring (bicyclic) bond motifs is 1. The van der Waals surface area contributed by atoms with Crippen molar-refractivity contribution in [3.8, 4) is 0 Å². The smallest absolute Gasteiger partial charge is 0.324 e. The number of nitro benzene ring substituents is 1. The molecule has 0 fully saturated rings. The van der Waals surface area contributed by atoms with E-state index in [0.29, 0.717) is 29.1 Å². The molecule has 0 aliphatic carbocycles. The van der Waals surface area contributed by atoms with Crippen LogP contribution in [0.4, 0.5) is 22.7 Å². The summed E-state index contributed by atoms with van der Waals surface area (Å²) in [4.78, 5) is 11.0. The summed E-state index contributed by atoms with van der Waals surface area (Å²) >= 11 is 6.81. The van der Waals surface area contributed by atoms with E-state index in [1.54, 1.807) is 12.1 Å². The lowest BCUT2D eigenvalue weighted by Gasteiger charge is -2.12. The maximum atomic E-state index is 11.5. The third-order valence-corrected chi connectivity index (χ3v) is 4.41. The Bertz CT molecular complexity index is 928. The number of anilines is 3. The molecule has 0 unspecified atom stereocenters. The van der Waals surface area contributed by atoms with Crippen LogP contribution in [0.5, 0.6) is 0 Å². The molecule has 0 aliphatic heterocycles. The van der Waals surface area contributed by atoms with E-state index < -0.39 is 4.92 Å². The Morgan fingerprint density at radius 2 is 1.92 bits per heavy atom. The van der Waals surface area contributed by atoms with Crippen LogP contribution in [-0.4, -0.2) is 21.8 Å². The second-order valence-corrected chi connectivity index (χ2v) is 6.59. The average molecular weight is 457 g/mol. The molecular formula is C14H11Br2N5O3. The summed E-state index contributed by atoms with van der Waals surface area (Å²) in [5.41, 5.74) is 1.80. The summed E-state index contributed by atoms with van der Waals surface area (Å²) in [7, 11) is 0. The van der Waals surface area contributed by atoms with Gasteiger partial charge in [-0.2, -0.15) is 0 Å². The van der Waals surface area contributed by atoms with Gasteiger partial charge in [0.2, 0.25) is 5.52 Å². The third-order valence-electron chi connectivity index (χ3n) is 3.26. The Morgan fingerprint density at radius 3 is 2.58 bits per heavy atom. The fourth-order valence-electron chi connectivity index (χ4n) is 2.27. The predicted octanol–water partition coefficient (Wildman–Crippen LogP) is 4.83. The van der Waals surface area contributed by atoms with Crippen molar-refractivity contribution in [1.29, 1.82) is 0 Å². The lowest BCUT2D eigenvalue weighted by Crippen LogP contribution is -2.03. The monoisotopic (exact) mass is 455 g/mol. The topological polar surface area (TPSA) is 106 Å². The minimum Gasteiger partial charge on any atom is -0.383 e. The number of halogens is 2. The molecule has 0 aliphatic rings. The first-order valence-electron chi connectivity index (χ1n) is 6.91. The Balaban J connectivity index is 2.18. The fourth-order valence-corrected chi connectivity index (χ4v) is 3.42. The fraction of sp³-hybridized carbons (Fsp3) is 0.143. The van der Waals surface area contributed by atoms with E-state index >= 15 is 0 Å². The van der Waals surface area contributed by atoms with Gasteiger partial charge in [-0.1, -0.05) is 15.9 Å². The third kappa shape index (κ3) is 3.06. The zero-order chi connectivity index (χ0) is 17.3. The van der Waals surface area contributed by atoms with Crippen LogP contribution in [0.2, 0.25) is 0 Å². The van der Waals surface area contributed by atoms with Gasteiger partial charge in [0.15, 0.2) is 5.52 Å². The number of aromatic nitrogens is 2. The first kappa shape index (κ1) is 16.7. The zero-order valence-corrected chi connectivity index (χ0v) is 15.5. The summed E-state index contributed by atoms with van der Waals surface area (Å²) in [5.74, 6) is 0. The van der Waals surface area contributed by atoms with Crippen LogP contribution in [0.1, 0.15) is 6.92 Å². The van der Waals surface area contributed by atoms with Crippen LogP contribution < -0.4 is 10.6 Å². The van der Waals surface area contributed by atoms with Gasteiger partial charge in [-0.25, -0.2) is 4.63 Å². The lowest BCUT2D eigenvalue weighted by atomic mass is 10.2. The molecule has 124 valence electrons. The number of rotatable bonds is 5. The molecule has 2 N–H and O–H groups in total. The van der Waals surface area contributed by atoms with Gasteiger partial charge in [-0.3, -0.25) is 10.1 Å². The molecule has 0 bridgehead atoms. The number of nitrogens with one attached hydrogen (secondary N) is 2. The van der Waals surface area contributed by atoms with Gasteiger partial charge >= 0.3 is 5.69 Å². The molecule has 10 heteroatoms. The molecule has 0 saturated heterocycles. The van der Waals surface area contributed by atoms with E-state index in [4.69, 9.17) is 4.63 Å². The minimum atomic E-state index is -0.503. The largest absolute Gasteiger partial charge is 0.383 e. The molecule has 3 rings (SSSR count). The van der Waals surface area contributed by atoms with Crippen LogP contribution in [-0.2, 0) is 0 Å². The second-order valence-electron chi connectivity index (χ2n) is 4.82. The van der Waals surface area contributed by atoms with E-state index in [0.717, 1.165) is 8.95 Å². The highest BCUT2D eigenvalue weighted by Crippen LogP contribution is 2.39. The van der Waals surface area contributed by atoms with Crippen LogP contribution >= 0.6 is 31.9 Å². The van der Waals surface area contributed by atoms with Crippen LogP contribution in [0.15, 0.2) is 37.8 Å². The Morgan fingerprint density at radius 1 is 1.17 bits per heavy atom. The molecule has 24 heavy (non-hydrogen) atoms. The summed E-state index contributed by atoms with van der Waals surface area (Å²) in [6.07, 6.45) is 0. The van der Waals surface area contributed by atoms with Crippen molar-refractivity contribution in [2.45, 2.75) is 6.92 Å². The van der Waals surface area contributed by atoms with Gasteiger partial charge < -0.3 is 10.6 Å². The molecule has 1 aromatic heterocycles. The number of nitrogens with zero attached hydrogens (tertiary/aromatic N) is 3. The van der Waals surface area contributed by atoms with E-state index in [9.17, 15) is 10.1 Å². The van der Waals surface area contributed by atoms with Gasteiger partial charge in [0.05, 0.1) is 16.3 Å². The molecule has 3 aromatic rings. The van der Waals surface area contributed by atoms with E-state index in [1.807, 2.05) is 19.1 Å². The molecule has 0 saturated carbocycles. The van der Waals surface area contributed by atoms with Crippen molar-refractivity contribution >= 4 is 65.6 Å². The van der Waals surface area contributed by atoms with Crippen molar-refractivity contribution in [2.75, 3.05) is 17.2 Å². The maximum Gasteiger partial charge on any atom is 0.324 e. The number of hydrogen-bond donors (Lipinski definition) is 2. The molecule has 0 spiro atoms. The Hall–Kier alpha value is -2.20. The van der Waals surface area contributed by atoms with Gasteiger partial charge in [0.1, 0.15) is 5.69 Å². The molecule has 2 aromatic carbocycles. The molecule has 8 nitrogen and oxygen atoms in total. The quantitative estimate of drug-likeness (QED) is 0.418. The second kappa shape index (κ2) is 6.73. The highest BCUT2D eigenvalue weighted by Gasteiger charge is 2.26. The Kier molecular flexibility index (Phi) is 4.67. The van der Waals surface area contributed by atoms with Crippen LogP contribution in [0.3, 0.4) is 0 Å². The van der Waals surface area contributed by atoms with Crippen molar-refractivity contribution in [3.63, 3.8) is 0 Å². The lowest BCUT2D eigenvalue weighted by molar-refractivity contribution is -0.382. The number of nitro groups is 1. The van der Waals surface area contributed by atoms with Crippen molar-refractivity contribution < 1.29 is 9.55 Å². The van der Waals surface area contributed by atoms with Crippen molar-refractivity contribution in [3.05, 3.63) is 43.3 Å². The molecule has 1 heterocycles. The van der Waals surface area contributed by atoms with E-state index in [2.05, 4.69) is 52.8 Å². The summed E-state index contributed by atoms with van der Waals surface area (Å²) in [6, 6.07) is 7.11. The normalized spacial score (nSPS) is 10.8. The van der Waals surface area contributed by atoms with E-state index in [-0.39, 0.29) is 11.2 Å². The standard InChI is InChI=1S/C14H11Br2N5O3/c1-2-17-10-6-11(18-9-4-3-7(15)5-8(9)16)14(21(22)23)13-12(10)19-24-20-13/h3-6,17-18H,2H2,1H3. The zero-order valence-electron chi connectivity index (χ0n) is 12.3. The first-order valence-corrected chi connectivity index (χ1v) is 8.49. The Labute approximate surface area is 153 Å². The summed E-state index contributed by atoms with van der Waals surface area (Å²) < 4.78 is 6.35.